The highest BCUT2D eigenvalue weighted by atomic mass is 16.5. The first-order valence-corrected chi connectivity index (χ1v) is 5.61. The van der Waals surface area contributed by atoms with E-state index in [9.17, 15) is 5.11 Å². The van der Waals surface area contributed by atoms with Gasteiger partial charge in [0.15, 0.2) is 0 Å². The molecule has 14 heavy (non-hydrogen) atoms. The second-order valence-corrected chi connectivity index (χ2v) is 4.56. The minimum atomic E-state index is 0.0599. The van der Waals surface area contributed by atoms with E-state index < -0.39 is 0 Å². The molecule has 1 unspecified atom stereocenters. The second kappa shape index (κ2) is 5.69. The second-order valence-electron chi connectivity index (χ2n) is 4.56. The van der Waals surface area contributed by atoms with E-state index in [1.54, 1.807) is 0 Å². The van der Waals surface area contributed by atoms with Gasteiger partial charge in [-0.05, 0) is 12.8 Å². The van der Waals surface area contributed by atoms with E-state index in [-0.39, 0.29) is 12.0 Å². The fourth-order valence-corrected chi connectivity index (χ4v) is 1.77. The van der Waals surface area contributed by atoms with Crippen molar-refractivity contribution in [3.63, 3.8) is 0 Å². The Morgan fingerprint density at radius 1 is 1.36 bits per heavy atom. The van der Waals surface area contributed by atoms with Gasteiger partial charge in [0.25, 0.3) is 0 Å². The van der Waals surface area contributed by atoms with Crippen LogP contribution in [0.4, 0.5) is 0 Å². The van der Waals surface area contributed by atoms with Crippen molar-refractivity contribution >= 4 is 0 Å². The molecular formula is C11H23NO2. The Balaban J connectivity index is 2.39. The molecule has 1 heterocycles. The summed E-state index contributed by atoms with van der Waals surface area (Å²) in [4.78, 5) is 2.41. The molecule has 0 radical (unpaired) electrons. The molecule has 1 saturated heterocycles. The molecule has 1 aliphatic heterocycles. The number of ether oxygens (including phenoxy) is 1. The Kier molecular flexibility index (Phi) is 4.85. The van der Waals surface area contributed by atoms with Gasteiger partial charge in [-0.25, -0.2) is 0 Å². The summed E-state index contributed by atoms with van der Waals surface area (Å²) in [5.41, 5.74) is 0.0599. The van der Waals surface area contributed by atoms with Crippen molar-refractivity contribution in [1.82, 2.24) is 4.90 Å². The molecule has 1 aliphatic rings. The Labute approximate surface area is 87.1 Å². The predicted octanol–water partition coefficient (Wildman–Crippen LogP) is 1.12. The zero-order valence-corrected chi connectivity index (χ0v) is 9.46. The lowest BCUT2D eigenvalue weighted by molar-refractivity contribution is 0.0801. The third-order valence-electron chi connectivity index (χ3n) is 3.16. The van der Waals surface area contributed by atoms with Crippen molar-refractivity contribution < 1.29 is 9.84 Å². The Bertz CT molecular complexity index is 149. The quantitative estimate of drug-likeness (QED) is 0.740. The molecule has 0 aliphatic carbocycles. The first kappa shape index (κ1) is 12.0. The predicted molar refractivity (Wildman–Crippen MR) is 57.4 cm³/mol. The van der Waals surface area contributed by atoms with Crippen molar-refractivity contribution in [2.75, 3.05) is 39.5 Å². The molecule has 0 aromatic rings. The van der Waals surface area contributed by atoms with Gasteiger partial charge < -0.3 is 14.7 Å². The van der Waals surface area contributed by atoms with E-state index in [1.165, 1.54) is 0 Å². The lowest BCUT2D eigenvalue weighted by Crippen LogP contribution is -2.39. The van der Waals surface area contributed by atoms with Crippen LogP contribution in [0.15, 0.2) is 0 Å². The highest BCUT2D eigenvalue weighted by Gasteiger charge is 2.24. The van der Waals surface area contributed by atoms with Gasteiger partial charge >= 0.3 is 0 Å². The summed E-state index contributed by atoms with van der Waals surface area (Å²) in [6, 6.07) is 0. The highest BCUT2D eigenvalue weighted by molar-refractivity contribution is 4.77. The Hall–Kier alpha value is -0.120. The van der Waals surface area contributed by atoms with Crippen molar-refractivity contribution in [3.05, 3.63) is 0 Å². The summed E-state index contributed by atoms with van der Waals surface area (Å²) in [5.74, 6) is 0. The van der Waals surface area contributed by atoms with Crippen LogP contribution in [0.5, 0.6) is 0 Å². The fraction of sp³-hybridized carbons (Fsp3) is 1.00. The molecule has 0 bridgehead atoms. The van der Waals surface area contributed by atoms with Gasteiger partial charge in [-0.1, -0.05) is 13.8 Å². The third-order valence-corrected chi connectivity index (χ3v) is 3.16. The molecule has 1 N–H and O–H groups in total. The van der Waals surface area contributed by atoms with Crippen LogP contribution in [0.3, 0.4) is 0 Å². The van der Waals surface area contributed by atoms with Gasteiger partial charge in [-0.2, -0.15) is 0 Å². The van der Waals surface area contributed by atoms with Gasteiger partial charge in [0, 0.05) is 38.3 Å². The molecule has 0 aromatic carbocycles. The van der Waals surface area contributed by atoms with Crippen molar-refractivity contribution in [3.8, 4) is 0 Å². The van der Waals surface area contributed by atoms with Gasteiger partial charge in [-0.3, -0.25) is 0 Å². The normalized spacial score (nSPS) is 24.2. The van der Waals surface area contributed by atoms with Crippen molar-refractivity contribution in [1.29, 1.82) is 0 Å². The zero-order valence-electron chi connectivity index (χ0n) is 9.46. The molecule has 0 spiro atoms. The Morgan fingerprint density at radius 3 is 2.79 bits per heavy atom. The van der Waals surface area contributed by atoms with Crippen LogP contribution in [0.1, 0.15) is 26.7 Å². The first-order chi connectivity index (χ1) is 6.70. The molecule has 3 nitrogen and oxygen atoms in total. The van der Waals surface area contributed by atoms with Crippen LogP contribution in [-0.4, -0.2) is 49.5 Å². The number of rotatable bonds is 4. The smallest absolute Gasteiger partial charge is 0.0593 e. The molecule has 0 aromatic heterocycles. The van der Waals surface area contributed by atoms with Gasteiger partial charge in [0.05, 0.1) is 6.61 Å². The highest BCUT2D eigenvalue weighted by Crippen LogP contribution is 2.22. The molecule has 84 valence electrons. The summed E-state index contributed by atoms with van der Waals surface area (Å²) >= 11 is 0. The molecule has 3 heteroatoms. The van der Waals surface area contributed by atoms with Crippen LogP contribution in [-0.2, 0) is 4.74 Å². The lowest BCUT2D eigenvalue weighted by atomic mass is 9.88. The zero-order chi connectivity index (χ0) is 10.4. The van der Waals surface area contributed by atoms with E-state index in [1.807, 2.05) is 0 Å². The van der Waals surface area contributed by atoms with Gasteiger partial charge in [-0.15, -0.1) is 0 Å². The molecule has 0 amide bonds. The van der Waals surface area contributed by atoms with Gasteiger partial charge in [0.1, 0.15) is 0 Å². The largest absolute Gasteiger partial charge is 0.396 e. The summed E-state index contributed by atoms with van der Waals surface area (Å²) in [6.07, 6.45) is 2.14. The fourth-order valence-electron chi connectivity index (χ4n) is 1.77. The molecule has 1 atom stereocenters. The third kappa shape index (κ3) is 3.56. The van der Waals surface area contributed by atoms with Crippen LogP contribution in [0.25, 0.3) is 0 Å². The SMILES string of the molecule is CCC(C)(CO)CN1CCCOCC1. The number of nitrogens with zero attached hydrogens (tertiary/aromatic N) is 1. The number of hydrogen-bond acceptors (Lipinski definition) is 3. The standard InChI is InChI=1S/C11H23NO2/c1-3-11(2,10-13)9-12-5-4-7-14-8-6-12/h13H,3-10H2,1-2H3. The van der Waals surface area contributed by atoms with Gasteiger partial charge in [0.2, 0.25) is 0 Å². The number of aliphatic hydroxyl groups excluding tert-OH is 1. The van der Waals surface area contributed by atoms with E-state index in [4.69, 9.17) is 4.74 Å². The molecule has 1 rings (SSSR count). The van der Waals surface area contributed by atoms with Crippen molar-refractivity contribution in [2.24, 2.45) is 5.41 Å². The molecular weight excluding hydrogens is 178 g/mol. The minimum absolute atomic E-state index is 0.0599. The van der Waals surface area contributed by atoms with Crippen LogP contribution in [0.2, 0.25) is 0 Å². The first-order valence-electron chi connectivity index (χ1n) is 5.61. The average Bonchev–Trinajstić information content (AvgIpc) is 2.46. The summed E-state index contributed by atoms with van der Waals surface area (Å²) in [7, 11) is 0. The van der Waals surface area contributed by atoms with Crippen LogP contribution in [0, 0.1) is 5.41 Å². The average molecular weight is 201 g/mol. The minimum Gasteiger partial charge on any atom is -0.396 e. The van der Waals surface area contributed by atoms with E-state index >= 15 is 0 Å². The lowest BCUT2D eigenvalue weighted by Gasteiger charge is -2.32. The summed E-state index contributed by atoms with van der Waals surface area (Å²) < 4.78 is 5.40. The molecule has 0 saturated carbocycles. The van der Waals surface area contributed by atoms with E-state index in [0.29, 0.717) is 0 Å². The van der Waals surface area contributed by atoms with E-state index in [2.05, 4.69) is 18.7 Å². The molecule has 1 fully saturated rings. The summed E-state index contributed by atoms with van der Waals surface area (Å²) in [5, 5.41) is 9.33. The maximum atomic E-state index is 9.33. The van der Waals surface area contributed by atoms with Crippen molar-refractivity contribution in [2.45, 2.75) is 26.7 Å². The topological polar surface area (TPSA) is 32.7 Å². The monoisotopic (exact) mass is 201 g/mol. The van der Waals surface area contributed by atoms with E-state index in [0.717, 1.165) is 45.7 Å². The maximum absolute atomic E-state index is 9.33. The Morgan fingerprint density at radius 2 is 2.14 bits per heavy atom. The number of hydrogen-bond donors (Lipinski definition) is 1. The number of aliphatic hydroxyl groups is 1. The van der Waals surface area contributed by atoms with Crippen LogP contribution >= 0.6 is 0 Å². The summed E-state index contributed by atoms with van der Waals surface area (Å²) in [6.45, 7) is 9.41. The van der Waals surface area contributed by atoms with Crippen LogP contribution < -0.4 is 0 Å². The maximum Gasteiger partial charge on any atom is 0.0593 e.